The Labute approximate surface area is 180 Å². The van der Waals surface area contributed by atoms with Crippen LogP contribution in [0.15, 0.2) is 42.6 Å². The highest BCUT2D eigenvalue weighted by molar-refractivity contribution is 5.88. The van der Waals surface area contributed by atoms with E-state index in [0.29, 0.717) is 40.4 Å². The van der Waals surface area contributed by atoms with Gasteiger partial charge in [0.15, 0.2) is 23.1 Å². The van der Waals surface area contributed by atoms with Crippen molar-refractivity contribution in [1.29, 1.82) is 0 Å². The number of morpholine rings is 1. The third-order valence-electron chi connectivity index (χ3n) is 5.10. The lowest BCUT2D eigenvalue weighted by molar-refractivity contribution is 0.0203. The van der Waals surface area contributed by atoms with Crippen LogP contribution in [0.3, 0.4) is 0 Å². The quantitative estimate of drug-likeness (QED) is 0.416. The molecule has 4 rings (SSSR count). The zero-order valence-corrected chi connectivity index (χ0v) is 17.4. The molecule has 1 fully saturated rings. The Morgan fingerprint density at radius 1 is 1.16 bits per heavy atom. The predicted molar refractivity (Wildman–Crippen MR) is 117 cm³/mol. The Bertz CT molecular complexity index is 1040. The third kappa shape index (κ3) is 5.15. The fourth-order valence-corrected chi connectivity index (χ4v) is 3.51. The summed E-state index contributed by atoms with van der Waals surface area (Å²) in [6, 6.07) is 9.57. The number of hydrogen-bond acceptors (Lipinski definition) is 7. The molecular weight excluding hydrogens is 401 g/mol. The van der Waals surface area contributed by atoms with Crippen LogP contribution in [0.1, 0.15) is 12.8 Å². The van der Waals surface area contributed by atoms with Crippen molar-refractivity contribution in [2.45, 2.75) is 18.9 Å². The number of halogens is 1. The molecule has 1 unspecified atom stereocenters. The summed E-state index contributed by atoms with van der Waals surface area (Å²) in [5, 5.41) is 4.01. The van der Waals surface area contributed by atoms with Crippen LogP contribution in [0.25, 0.3) is 10.9 Å². The molecule has 1 aliphatic heterocycles. The van der Waals surface area contributed by atoms with E-state index >= 15 is 0 Å². The van der Waals surface area contributed by atoms with Crippen molar-refractivity contribution in [2.24, 2.45) is 0 Å². The van der Waals surface area contributed by atoms with Gasteiger partial charge in [0.25, 0.3) is 0 Å². The normalized spacial score (nSPS) is 16.3. The van der Waals surface area contributed by atoms with Gasteiger partial charge in [-0.1, -0.05) is 0 Å². The summed E-state index contributed by atoms with van der Waals surface area (Å²) >= 11 is 0. The molecule has 164 valence electrons. The average molecular weight is 427 g/mol. The van der Waals surface area contributed by atoms with Gasteiger partial charge in [0, 0.05) is 42.5 Å². The number of nitrogens with one attached hydrogen (secondary N) is 1. The number of nitrogens with two attached hydrogens (primary N) is 1. The Morgan fingerprint density at radius 2 is 2.06 bits per heavy atom. The first-order valence-electron chi connectivity index (χ1n) is 10.3. The van der Waals surface area contributed by atoms with Crippen LogP contribution in [0.4, 0.5) is 10.1 Å². The minimum atomic E-state index is -0.533. The highest BCUT2D eigenvalue weighted by Gasteiger charge is 2.15. The van der Waals surface area contributed by atoms with Gasteiger partial charge in [-0.2, -0.15) is 0 Å². The van der Waals surface area contributed by atoms with E-state index in [-0.39, 0.29) is 11.9 Å². The molecule has 0 saturated carbocycles. The van der Waals surface area contributed by atoms with Crippen LogP contribution < -0.4 is 25.3 Å². The Kier molecular flexibility index (Phi) is 6.69. The second-order valence-corrected chi connectivity index (χ2v) is 7.31. The van der Waals surface area contributed by atoms with Crippen LogP contribution in [0, 0.1) is 5.82 Å². The molecule has 2 aromatic carbocycles. The number of aromatic nitrogens is 1. The van der Waals surface area contributed by atoms with Crippen molar-refractivity contribution in [2.75, 3.05) is 39.1 Å². The van der Waals surface area contributed by atoms with Crippen molar-refractivity contribution in [3.63, 3.8) is 0 Å². The maximum atomic E-state index is 14.2. The second kappa shape index (κ2) is 9.80. The van der Waals surface area contributed by atoms with E-state index in [4.69, 9.17) is 24.7 Å². The van der Waals surface area contributed by atoms with Gasteiger partial charge >= 0.3 is 0 Å². The number of hydrogen-bond donors (Lipinski definition) is 2. The molecule has 0 bridgehead atoms. The third-order valence-corrected chi connectivity index (χ3v) is 5.10. The number of pyridine rings is 1. The van der Waals surface area contributed by atoms with Crippen molar-refractivity contribution >= 4 is 16.6 Å². The van der Waals surface area contributed by atoms with Crippen molar-refractivity contribution in [3.05, 3.63) is 48.4 Å². The van der Waals surface area contributed by atoms with E-state index in [9.17, 15) is 4.39 Å². The molecule has 1 aromatic heterocycles. The molecule has 1 aliphatic rings. The van der Waals surface area contributed by atoms with E-state index in [1.54, 1.807) is 37.6 Å². The standard InChI is InChI=1S/C23H26FN3O4/c1-28-22-12-17-19(13-23(22)30-9-2-3-16-14-26-8-10-29-16)27-7-6-20(17)31-21-5-4-15(25)11-18(21)24/h4-7,11-13,16,26H,2-3,8-10,14,25H2,1H3. The smallest absolute Gasteiger partial charge is 0.167 e. The largest absolute Gasteiger partial charge is 0.493 e. The maximum Gasteiger partial charge on any atom is 0.167 e. The van der Waals surface area contributed by atoms with Gasteiger partial charge < -0.3 is 30.0 Å². The molecule has 31 heavy (non-hydrogen) atoms. The number of fused-ring (bicyclic) bond motifs is 1. The van der Waals surface area contributed by atoms with Gasteiger partial charge in [-0.15, -0.1) is 0 Å². The number of nitrogens with zero attached hydrogens (tertiary/aromatic N) is 1. The minimum absolute atomic E-state index is 0.0837. The monoisotopic (exact) mass is 427 g/mol. The Morgan fingerprint density at radius 3 is 2.84 bits per heavy atom. The van der Waals surface area contributed by atoms with Crippen molar-refractivity contribution in [3.8, 4) is 23.0 Å². The first-order valence-corrected chi connectivity index (χ1v) is 10.3. The molecule has 0 spiro atoms. The number of benzene rings is 2. The summed E-state index contributed by atoms with van der Waals surface area (Å²) < 4.78 is 37.2. The SMILES string of the molecule is COc1cc2c(Oc3ccc(N)cc3F)ccnc2cc1OCCCC1CNCCO1. The summed E-state index contributed by atoms with van der Waals surface area (Å²) in [6.45, 7) is 3.07. The highest BCUT2D eigenvalue weighted by atomic mass is 19.1. The van der Waals surface area contributed by atoms with Crippen LogP contribution in [-0.2, 0) is 4.74 Å². The summed E-state index contributed by atoms with van der Waals surface area (Å²) in [4.78, 5) is 4.40. The summed E-state index contributed by atoms with van der Waals surface area (Å²) in [5.74, 6) is 1.16. The highest BCUT2D eigenvalue weighted by Crippen LogP contribution is 2.37. The fraction of sp³-hybridized carbons (Fsp3) is 0.348. The lowest BCUT2D eigenvalue weighted by atomic mass is 10.1. The molecule has 0 amide bonds. The van der Waals surface area contributed by atoms with Gasteiger partial charge in [-0.05, 0) is 37.1 Å². The summed E-state index contributed by atoms with van der Waals surface area (Å²) in [7, 11) is 1.58. The second-order valence-electron chi connectivity index (χ2n) is 7.31. The molecule has 8 heteroatoms. The molecule has 0 aliphatic carbocycles. The van der Waals surface area contributed by atoms with Crippen LogP contribution >= 0.6 is 0 Å². The first kappa shape index (κ1) is 21.1. The zero-order chi connectivity index (χ0) is 21.6. The molecule has 3 N–H and O–H groups in total. The topological polar surface area (TPSA) is 87.9 Å². The predicted octanol–water partition coefficient (Wildman–Crippen LogP) is 3.90. The Balaban J connectivity index is 1.49. The van der Waals surface area contributed by atoms with Crippen LogP contribution in [0.2, 0.25) is 0 Å². The van der Waals surface area contributed by atoms with Gasteiger partial charge in [0.05, 0.1) is 31.9 Å². The minimum Gasteiger partial charge on any atom is -0.493 e. The zero-order valence-electron chi connectivity index (χ0n) is 17.4. The fourth-order valence-electron chi connectivity index (χ4n) is 3.51. The first-order chi connectivity index (χ1) is 15.1. The summed E-state index contributed by atoms with van der Waals surface area (Å²) in [6.07, 6.45) is 3.62. The number of ether oxygens (including phenoxy) is 4. The number of anilines is 1. The molecule has 3 aromatic rings. The van der Waals surface area contributed by atoms with E-state index in [2.05, 4.69) is 10.3 Å². The van der Waals surface area contributed by atoms with E-state index in [0.717, 1.165) is 32.5 Å². The molecule has 1 saturated heterocycles. The molecule has 1 atom stereocenters. The van der Waals surface area contributed by atoms with Gasteiger partial charge in [-0.3, -0.25) is 4.98 Å². The van der Waals surface area contributed by atoms with Gasteiger partial charge in [0.1, 0.15) is 5.75 Å². The van der Waals surface area contributed by atoms with E-state index < -0.39 is 5.82 Å². The van der Waals surface area contributed by atoms with Crippen LogP contribution in [-0.4, -0.2) is 44.5 Å². The average Bonchev–Trinajstić information content (AvgIpc) is 2.79. The molecule has 7 nitrogen and oxygen atoms in total. The van der Waals surface area contributed by atoms with E-state index in [1.165, 1.54) is 12.1 Å². The van der Waals surface area contributed by atoms with E-state index in [1.807, 2.05) is 0 Å². The number of methoxy groups -OCH3 is 1. The van der Waals surface area contributed by atoms with Crippen LogP contribution in [0.5, 0.6) is 23.0 Å². The maximum absolute atomic E-state index is 14.2. The lowest BCUT2D eigenvalue weighted by Crippen LogP contribution is -2.38. The molecule has 0 radical (unpaired) electrons. The Hall–Kier alpha value is -3.10. The van der Waals surface area contributed by atoms with Crippen molar-refractivity contribution in [1.82, 2.24) is 10.3 Å². The lowest BCUT2D eigenvalue weighted by Gasteiger charge is -2.23. The number of rotatable bonds is 8. The van der Waals surface area contributed by atoms with Crippen molar-refractivity contribution < 1.29 is 23.3 Å². The summed E-state index contributed by atoms with van der Waals surface area (Å²) in [5.41, 5.74) is 6.60. The number of nitrogen functional groups attached to an aromatic ring is 1. The molecular formula is C23H26FN3O4. The van der Waals surface area contributed by atoms with Gasteiger partial charge in [0.2, 0.25) is 0 Å². The van der Waals surface area contributed by atoms with Gasteiger partial charge in [-0.25, -0.2) is 4.39 Å². The molecule has 2 heterocycles.